The number of hydrogen-bond donors (Lipinski definition) is 2. The van der Waals surface area contributed by atoms with E-state index >= 15 is 0 Å². The first-order chi connectivity index (χ1) is 8.29. The van der Waals surface area contributed by atoms with Crippen LogP contribution in [0.2, 0.25) is 0 Å². The Bertz CT molecular complexity index is 477. The third-order valence-electron chi connectivity index (χ3n) is 2.35. The molecule has 0 aliphatic carbocycles. The molecule has 0 fully saturated rings. The van der Waals surface area contributed by atoms with Crippen molar-refractivity contribution in [3.05, 3.63) is 47.8 Å². The molecule has 1 amide bonds. The van der Waals surface area contributed by atoms with Crippen LogP contribution in [0.3, 0.4) is 0 Å². The van der Waals surface area contributed by atoms with Gasteiger partial charge in [0.2, 0.25) is 0 Å². The Morgan fingerprint density at radius 3 is 2.71 bits per heavy atom. The summed E-state index contributed by atoms with van der Waals surface area (Å²) in [5, 5.41) is 9.17. The van der Waals surface area contributed by atoms with Gasteiger partial charge in [-0.1, -0.05) is 12.1 Å². The zero-order valence-corrected chi connectivity index (χ0v) is 9.43. The van der Waals surface area contributed by atoms with E-state index in [1.54, 1.807) is 19.4 Å². The molecule has 0 aliphatic heterocycles. The molecule has 0 aliphatic rings. The molecule has 2 rings (SSSR count). The van der Waals surface area contributed by atoms with Crippen molar-refractivity contribution in [2.45, 2.75) is 6.54 Å². The van der Waals surface area contributed by atoms with E-state index in [4.69, 9.17) is 4.74 Å². The quantitative estimate of drug-likeness (QED) is 0.834. The predicted octanol–water partition coefficient (Wildman–Crippen LogP) is 1.35. The average molecular weight is 231 g/mol. The third kappa shape index (κ3) is 2.84. The molecule has 5 heteroatoms. The van der Waals surface area contributed by atoms with Gasteiger partial charge in [0.05, 0.1) is 7.11 Å². The van der Waals surface area contributed by atoms with Crippen molar-refractivity contribution >= 4 is 5.91 Å². The van der Waals surface area contributed by atoms with E-state index in [2.05, 4.69) is 15.5 Å². The molecule has 0 radical (unpaired) electrons. The van der Waals surface area contributed by atoms with E-state index in [0.717, 1.165) is 11.3 Å². The van der Waals surface area contributed by atoms with Crippen molar-refractivity contribution in [2.75, 3.05) is 7.11 Å². The number of carbonyl (C=O) groups excluding carboxylic acids is 1. The summed E-state index contributed by atoms with van der Waals surface area (Å²) < 4.78 is 5.05. The third-order valence-corrected chi connectivity index (χ3v) is 2.35. The van der Waals surface area contributed by atoms with Crippen molar-refractivity contribution < 1.29 is 9.53 Å². The average Bonchev–Trinajstić information content (AvgIpc) is 2.90. The number of hydrogen-bond acceptors (Lipinski definition) is 3. The van der Waals surface area contributed by atoms with E-state index in [1.165, 1.54) is 0 Å². The van der Waals surface area contributed by atoms with Crippen LogP contribution in [-0.4, -0.2) is 23.2 Å². The van der Waals surface area contributed by atoms with Crippen LogP contribution in [0.1, 0.15) is 16.1 Å². The Kier molecular flexibility index (Phi) is 3.40. The molecule has 1 heterocycles. The molecule has 0 bridgehead atoms. The molecule has 0 spiro atoms. The van der Waals surface area contributed by atoms with Crippen LogP contribution in [0.4, 0.5) is 0 Å². The van der Waals surface area contributed by atoms with Crippen LogP contribution in [0, 0.1) is 0 Å². The summed E-state index contributed by atoms with van der Waals surface area (Å²) in [6.07, 6.45) is 1.61. The van der Waals surface area contributed by atoms with Gasteiger partial charge in [0.15, 0.2) is 0 Å². The van der Waals surface area contributed by atoms with Gasteiger partial charge in [-0.25, -0.2) is 0 Å². The molecule has 17 heavy (non-hydrogen) atoms. The Hall–Kier alpha value is -2.30. The second kappa shape index (κ2) is 5.16. The van der Waals surface area contributed by atoms with Crippen LogP contribution in [0.15, 0.2) is 36.5 Å². The monoisotopic (exact) mass is 231 g/mol. The van der Waals surface area contributed by atoms with Crippen molar-refractivity contribution in [2.24, 2.45) is 0 Å². The van der Waals surface area contributed by atoms with Crippen LogP contribution < -0.4 is 10.1 Å². The summed E-state index contributed by atoms with van der Waals surface area (Å²) in [7, 11) is 1.62. The number of rotatable bonds is 4. The molecule has 0 saturated carbocycles. The fraction of sp³-hybridized carbons (Fsp3) is 0.167. The molecule has 2 N–H and O–H groups in total. The summed E-state index contributed by atoms with van der Waals surface area (Å²) in [5.74, 6) is 0.606. The molecular formula is C12H13N3O2. The molecule has 1 aromatic carbocycles. The Balaban J connectivity index is 1.91. The zero-order chi connectivity index (χ0) is 12.1. The van der Waals surface area contributed by atoms with E-state index < -0.39 is 0 Å². The van der Waals surface area contributed by atoms with Crippen molar-refractivity contribution in [3.8, 4) is 5.75 Å². The second-order valence-corrected chi connectivity index (χ2v) is 3.49. The lowest BCUT2D eigenvalue weighted by atomic mass is 10.2. The first-order valence-corrected chi connectivity index (χ1v) is 5.20. The highest BCUT2D eigenvalue weighted by Gasteiger charge is 2.06. The van der Waals surface area contributed by atoms with Gasteiger partial charge in [-0.05, 0) is 23.8 Å². The van der Waals surface area contributed by atoms with Gasteiger partial charge in [-0.3, -0.25) is 9.89 Å². The second-order valence-electron chi connectivity index (χ2n) is 3.49. The first-order valence-electron chi connectivity index (χ1n) is 5.20. The number of ether oxygens (including phenoxy) is 1. The van der Waals surface area contributed by atoms with Gasteiger partial charge in [0, 0.05) is 12.7 Å². The molecule has 88 valence electrons. The Morgan fingerprint density at radius 1 is 1.35 bits per heavy atom. The number of aromatic amines is 1. The summed E-state index contributed by atoms with van der Waals surface area (Å²) in [6.45, 7) is 0.468. The van der Waals surface area contributed by atoms with Crippen LogP contribution in [-0.2, 0) is 6.54 Å². The number of aromatic nitrogens is 2. The number of H-pyrrole nitrogens is 1. The van der Waals surface area contributed by atoms with Crippen LogP contribution in [0.25, 0.3) is 0 Å². The standard InChI is InChI=1S/C12H13N3O2/c1-17-10-4-2-9(3-5-10)8-13-12(16)11-6-7-14-15-11/h2-7H,8H2,1H3,(H,13,16)(H,14,15). The Labute approximate surface area is 98.8 Å². The molecular weight excluding hydrogens is 218 g/mol. The SMILES string of the molecule is COc1ccc(CNC(=O)c2cc[nH]n2)cc1. The maximum atomic E-state index is 11.6. The molecule has 2 aromatic rings. The normalized spacial score (nSPS) is 9.94. The number of benzene rings is 1. The highest BCUT2D eigenvalue weighted by atomic mass is 16.5. The summed E-state index contributed by atoms with van der Waals surface area (Å²) in [5.41, 5.74) is 1.40. The van der Waals surface area contributed by atoms with Crippen LogP contribution >= 0.6 is 0 Å². The molecule has 1 aromatic heterocycles. The van der Waals surface area contributed by atoms with Crippen molar-refractivity contribution in [1.82, 2.24) is 15.5 Å². The van der Waals surface area contributed by atoms with Gasteiger partial charge >= 0.3 is 0 Å². The highest BCUT2D eigenvalue weighted by molar-refractivity contribution is 5.91. The Morgan fingerprint density at radius 2 is 2.12 bits per heavy atom. The topological polar surface area (TPSA) is 67.0 Å². The van der Waals surface area contributed by atoms with E-state index in [-0.39, 0.29) is 5.91 Å². The fourth-order valence-electron chi connectivity index (χ4n) is 1.40. The number of carbonyl (C=O) groups is 1. The lowest BCUT2D eigenvalue weighted by molar-refractivity contribution is 0.0946. The smallest absolute Gasteiger partial charge is 0.272 e. The minimum Gasteiger partial charge on any atom is -0.497 e. The summed E-state index contributed by atoms with van der Waals surface area (Å²) in [4.78, 5) is 11.6. The minimum absolute atomic E-state index is 0.193. The number of nitrogens with zero attached hydrogens (tertiary/aromatic N) is 1. The maximum absolute atomic E-state index is 11.6. The molecule has 5 nitrogen and oxygen atoms in total. The highest BCUT2D eigenvalue weighted by Crippen LogP contribution is 2.10. The minimum atomic E-state index is -0.193. The number of methoxy groups -OCH3 is 1. The maximum Gasteiger partial charge on any atom is 0.272 e. The van der Waals surface area contributed by atoms with E-state index in [0.29, 0.717) is 12.2 Å². The zero-order valence-electron chi connectivity index (χ0n) is 9.43. The van der Waals surface area contributed by atoms with Gasteiger partial charge in [0.25, 0.3) is 5.91 Å². The molecule has 0 atom stereocenters. The van der Waals surface area contributed by atoms with Gasteiger partial charge in [-0.15, -0.1) is 0 Å². The largest absolute Gasteiger partial charge is 0.497 e. The lowest BCUT2D eigenvalue weighted by Gasteiger charge is -2.04. The summed E-state index contributed by atoms with van der Waals surface area (Å²) in [6, 6.07) is 9.16. The van der Waals surface area contributed by atoms with Crippen molar-refractivity contribution in [3.63, 3.8) is 0 Å². The van der Waals surface area contributed by atoms with Crippen molar-refractivity contribution in [1.29, 1.82) is 0 Å². The van der Waals surface area contributed by atoms with Gasteiger partial charge in [0.1, 0.15) is 11.4 Å². The van der Waals surface area contributed by atoms with E-state index in [1.807, 2.05) is 24.3 Å². The molecule has 0 saturated heterocycles. The summed E-state index contributed by atoms with van der Waals surface area (Å²) >= 11 is 0. The van der Waals surface area contributed by atoms with Gasteiger partial charge < -0.3 is 10.1 Å². The van der Waals surface area contributed by atoms with E-state index in [9.17, 15) is 4.79 Å². The molecule has 0 unspecified atom stereocenters. The fourth-order valence-corrected chi connectivity index (χ4v) is 1.40. The number of nitrogens with one attached hydrogen (secondary N) is 2. The first kappa shape index (κ1) is 11.2. The predicted molar refractivity (Wildman–Crippen MR) is 62.8 cm³/mol. The lowest BCUT2D eigenvalue weighted by Crippen LogP contribution is -2.23. The van der Waals surface area contributed by atoms with Gasteiger partial charge in [-0.2, -0.15) is 5.10 Å². The number of amides is 1. The van der Waals surface area contributed by atoms with Crippen LogP contribution in [0.5, 0.6) is 5.75 Å².